The summed E-state index contributed by atoms with van der Waals surface area (Å²) in [6.45, 7) is 7.45. The van der Waals surface area contributed by atoms with Crippen molar-refractivity contribution >= 4 is 33.2 Å². The van der Waals surface area contributed by atoms with Gasteiger partial charge in [0, 0.05) is 30.8 Å². The molecular weight excluding hydrogens is 473 g/mol. The molecule has 2 aliphatic rings. The zero-order valence-electron chi connectivity index (χ0n) is 20.1. The SMILES string of the molecule is Cc1c(Nc2ccc(S(C)(=O)=O)cc2F)ncnc1N1CC2CCC(C1)N2c1nc(C(C)C)no1. The van der Waals surface area contributed by atoms with E-state index in [2.05, 4.69) is 35.2 Å². The Morgan fingerprint density at radius 3 is 2.49 bits per heavy atom. The van der Waals surface area contributed by atoms with Gasteiger partial charge in [0.05, 0.1) is 22.7 Å². The van der Waals surface area contributed by atoms with E-state index in [1.807, 2.05) is 20.8 Å². The molecule has 12 heteroatoms. The molecule has 0 amide bonds. The molecule has 2 saturated heterocycles. The Labute approximate surface area is 203 Å². The first-order valence-electron chi connectivity index (χ1n) is 11.6. The molecule has 2 aliphatic heterocycles. The van der Waals surface area contributed by atoms with Crippen molar-refractivity contribution < 1.29 is 17.3 Å². The van der Waals surface area contributed by atoms with Crippen LogP contribution in [0.25, 0.3) is 0 Å². The Balaban J connectivity index is 1.36. The predicted octanol–water partition coefficient (Wildman–Crippen LogP) is 3.44. The second-order valence-electron chi connectivity index (χ2n) is 9.50. The van der Waals surface area contributed by atoms with Gasteiger partial charge in [0.15, 0.2) is 15.7 Å². The standard InChI is InChI=1S/C23H28FN7O3S/c1-13(2)20-28-23(34-29-20)31-15-5-6-16(31)11-30(10-15)22-14(3)21(25-12-26-22)27-19-8-7-17(9-18(19)24)35(4,32)33/h7-9,12-13,15-16H,5-6,10-11H2,1-4H3,(H,25,26,27). The summed E-state index contributed by atoms with van der Waals surface area (Å²) in [6, 6.07) is 4.81. The van der Waals surface area contributed by atoms with Crippen molar-refractivity contribution in [1.82, 2.24) is 20.1 Å². The highest BCUT2D eigenvalue weighted by Gasteiger charge is 2.43. The maximum Gasteiger partial charge on any atom is 0.324 e. The van der Waals surface area contributed by atoms with Gasteiger partial charge in [-0.3, -0.25) is 0 Å². The van der Waals surface area contributed by atoms with Crippen molar-refractivity contribution in [1.29, 1.82) is 0 Å². The highest BCUT2D eigenvalue weighted by Crippen LogP contribution is 2.37. The van der Waals surface area contributed by atoms with E-state index in [0.29, 0.717) is 17.7 Å². The molecule has 0 radical (unpaired) electrons. The van der Waals surface area contributed by atoms with Gasteiger partial charge in [-0.1, -0.05) is 19.0 Å². The molecule has 0 saturated carbocycles. The molecule has 3 aromatic rings. The average molecular weight is 502 g/mol. The lowest BCUT2D eigenvalue weighted by atomic mass is 10.1. The van der Waals surface area contributed by atoms with Crippen molar-refractivity contribution in [3.8, 4) is 0 Å². The van der Waals surface area contributed by atoms with Crippen LogP contribution < -0.4 is 15.1 Å². The van der Waals surface area contributed by atoms with E-state index >= 15 is 0 Å². The minimum Gasteiger partial charge on any atom is -0.352 e. The molecule has 2 bridgehead atoms. The quantitative estimate of drug-likeness (QED) is 0.538. The number of anilines is 4. The summed E-state index contributed by atoms with van der Waals surface area (Å²) >= 11 is 0. The van der Waals surface area contributed by atoms with Gasteiger partial charge in [0.1, 0.15) is 23.8 Å². The summed E-state index contributed by atoms with van der Waals surface area (Å²) in [5, 5.41) is 7.12. The van der Waals surface area contributed by atoms with Crippen molar-refractivity contribution in [2.75, 3.05) is 34.5 Å². The number of aromatic nitrogens is 4. The smallest absolute Gasteiger partial charge is 0.324 e. The molecule has 0 spiro atoms. The highest BCUT2D eigenvalue weighted by atomic mass is 32.2. The monoisotopic (exact) mass is 501 g/mol. The molecule has 2 unspecified atom stereocenters. The van der Waals surface area contributed by atoms with Crippen LogP contribution in [0.1, 0.15) is 44.0 Å². The number of hydrogen-bond acceptors (Lipinski definition) is 10. The summed E-state index contributed by atoms with van der Waals surface area (Å²) in [6.07, 6.45) is 4.54. The van der Waals surface area contributed by atoms with Crippen molar-refractivity contribution in [2.24, 2.45) is 0 Å². The fraction of sp³-hybridized carbons (Fsp3) is 0.478. The minimum atomic E-state index is -3.50. The second kappa shape index (κ2) is 8.74. The highest BCUT2D eigenvalue weighted by molar-refractivity contribution is 7.90. The predicted molar refractivity (Wildman–Crippen MR) is 129 cm³/mol. The summed E-state index contributed by atoms with van der Waals surface area (Å²) in [5.41, 5.74) is 0.930. The van der Waals surface area contributed by atoms with Crippen molar-refractivity contribution in [2.45, 2.75) is 56.5 Å². The molecule has 2 fully saturated rings. The fourth-order valence-corrected chi connectivity index (χ4v) is 5.43. The van der Waals surface area contributed by atoms with Gasteiger partial charge >= 0.3 is 6.01 Å². The van der Waals surface area contributed by atoms with Crippen LogP contribution >= 0.6 is 0 Å². The van der Waals surface area contributed by atoms with Gasteiger partial charge in [0.2, 0.25) is 0 Å². The van der Waals surface area contributed by atoms with E-state index in [-0.39, 0.29) is 28.6 Å². The molecule has 1 aromatic carbocycles. The van der Waals surface area contributed by atoms with Gasteiger partial charge in [-0.05, 0) is 38.0 Å². The number of halogens is 1. The van der Waals surface area contributed by atoms with Gasteiger partial charge in [0.25, 0.3) is 0 Å². The van der Waals surface area contributed by atoms with E-state index in [9.17, 15) is 12.8 Å². The Bertz CT molecular complexity index is 1350. The lowest BCUT2D eigenvalue weighted by molar-refractivity contribution is 0.382. The van der Waals surface area contributed by atoms with E-state index in [1.54, 1.807) is 0 Å². The molecule has 1 N–H and O–H groups in total. The van der Waals surface area contributed by atoms with E-state index in [4.69, 9.17) is 4.52 Å². The van der Waals surface area contributed by atoms with Gasteiger partial charge < -0.3 is 19.6 Å². The van der Waals surface area contributed by atoms with Gasteiger partial charge in [-0.15, -0.1) is 0 Å². The average Bonchev–Trinajstić information content (AvgIpc) is 3.38. The Morgan fingerprint density at radius 1 is 1.17 bits per heavy atom. The number of nitrogens with one attached hydrogen (secondary N) is 1. The first-order valence-corrected chi connectivity index (χ1v) is 13.5. The molecular formula is C23H28FN7O3S. The Morgan fingerprint density at radius 2 is 1.89 bits per heavy atom. The van der Waals surface area contributed by atoms with Crippen LogP contribution in [0.3, 0.4) is 0 Å². The van der Waals surface area contributed by atoms with Crippen LogP contribution in [0.4, 0.5) is 27.7 Å². The summed E-state index contributed by atoms with van der Waals surface area (Å²) in [5.74, 6) is 1.49. The molecule has 35 heavy (non-hydrogen) atoms. The van der Waals surface area contributed by atoms with Crippen LogP contribution in [-0.4, -0.2) is 60.0 Å². The lowest BCUT2D eigenvalue weighted by Gasteiger charge is -2.41. The van der Waals surface area contributed by atoms with Crippen LogP contribution in [0, 0.1) is 12.7 Å². The second-order valence-corrected chi connectivity index (χ2v) is 11.5. The normalized spacial score (nSPS) is 20.1. The summed E-state index contributed by atoms with van der Waals surface area (Å²) < 4.78 is 43.6. The number of nitrogens with zero attached hydrogens (tertiary/aromatic N) is 6. The first-order chi connectivity index (χ1) is 16.6. The third-order valence-electron chi connectivity index (χ3n) is 6.63. The summed E-state index contributed by atoms with van der Waals surface area (Å²) in [7, 11) is -3.50. The van der Waals surface area contributed by atoms with Crippen molar-refractivity contribution in [3.05, 3.63) is 41.7 Å². The van der Waals surface area contributed by atoms with E-state index in [1.165, 1.54) is 18.5 Å². The maximum absolute atomic E-state index is 14.6. The minimum absolute atomic E-state index is 0.0734. The lowest BCUT2D eigenvalue weighted by Crippen LogP contribution is -2.54. The molecule has 10 nitrogen and oxygen atoms in total. The molecule has 2 aromatic heterocycles. The number of sulfone groups is 1. The molecule has 2 atom stereocenters. The zero-order chi connectivity index (χ0) is 24.9. The number of rotatable bonds is 6. The Kier molecular flexibility index (Phi) is 5.86. The summed E-state index contributed by atoms with van der Waals surface area (Å²) in [4.78, 5) is 17.8. The van der Waals surface area contributed by atoms with Crippen LogP contribution in [0.5, 0.6) is 0 Å². The third-order valence-corrected chi connectivity index (χ3v) is 7.74. The van der Waals surface area contributed by atoms with Gasteiger partial charge in [-0.25, -0.2) is 22.8 Å². The van der Waals surface area contributed by atoms with Crippen LogP contribution in [0.15, 0.2) is 33.9 Å². The first kappa shape index (κ1) is 23.5. The third kappa shape index (κ3) is 4.42. The van der Waals surface area contributed by atoms with Crippen LogP contribution in [-0.2, 0) is 9.84 Å². The molecule has 5 rings (SSSR count). The van der Waals surface area contributed by atoms with E-state index < -0.39 is 15.7 Å². The molecule has 186 valence electrons. The molecule has 4 heterocycles. The topological polar surface area (TPSA) is 117 Å². The fourth-order valence-electron chi connectivity index (χ4n) is 4.80. The zero-order valence-corrected chi connectivity index (χ0v) is 20.9. The van der Waals surface area contributed by atoms with E-state index in [0.717, 1.165) is 49.6 Å². The number of fused-ring (bicyclic) bond motifs is 2. The number of piperazine rings is 1. The maximum atomic E-state index is 14.6. The number of hydrogen-bond donors (Lipinski definition) is 1. The molecule has 0 aliphatic carbocycles. The Hall–Kier alpha value is -3.28. The van der Waals surface area contributed by atoms with Crippen LogP contribution in [0.2, 0.25) is 0 Å². The van der Waals surface area contributed by atoms with Crippen molar-refractivity contribution in [3.63, 3.8) is 0 Å². The largest absolute Gasteiger partial charge is 0.352 e. The number of benzene rings is 1. The van der Waals surface area contributed by atoms with Gasteiger partial charge in [-0.2, -0.15) is 4.98 Å².